The molecule has 0 unspecified atom stereocenters. The summed E-state index contributed by atoms with van der Waals surface area (Å²) in [5.41, 5.74) is 0. The first-order valence-corrected chi connectivity index (χ1v) is 6.35. The van der Waals surface area contributed by atoms with Gasteiger partial charge in [0.15, 0.2) is 0 Å². The molecule has 6 atom stereocenters. The normalized spacial score (nSPS) is 47.2. The average Bonchev–Trinajstić information content (AvgIpc) is 3.11. The van der Waals surface area contributed by atoms with Gasteiger partial charge >= 0.3 is 5.97 Å². The molecule has 2 amide bonds. The second-order valence-electron chi connectivity index (χ2n) is 5.81. The number of carbonyl (C=O) groups excluding carboxylic acids is 2. The summed E-state index contributed by atoms with van der Waals surface area (Å²) < 4.78 is 0. The number of rotatable bonds is 2. The minimum atomic E-state index is -1.12. The fourth-order valence-corrected chi connectivity index (χ4v) is 4.31. The maximum atomic E-state index is 12.2. The summed E-state index contributed by atoms with van der Waals surface area (Å²) in [4.78, 5) is 36.2. The number of carbonyl (C=O) groups is 3. The summed E-state index contributed by atoms with van der Waals surface area (Å²) in [6, 6.07) is 0. The van der Waals surface area contributed by atoms with Gasteiger partial charge in [-0.2, -0.15) is 0 Å². The van der Waals surface area contributed by atoms with Crippen LogP contribution in [0.2, 0.25) is 0 Å². The van der Waals surface area contributed by atoms with Crippen molar-refractivity contribution in [3.8, 4) is 0 Å². The highest BCUT2D eigenvalue weighted by Gasteiger charge is 2.67. The molecule has 94 valence electrons. The van der Waals surface area contributed by atoms with Crippen LogP contribution in [0.15, 0.2) is 12.2 Å². The summed E-state index contributed by atoms with van der Waals surface area (Å²) >= 11 is 0. The Morgan fingerprint density at radius 1 is 1.17 bits per heavy atom. The monoisotopic (exact) mass is 247 g/mol. The summed E-state index contributed by atoms with van der Waals surface area (Å²) in [6.45, 7) is -0.487. The van der Waals surface area contributed by atoms with Crippen LogP contribution in [0.25, 0.3) is 0 Å². The van der Waals surface area contributed by atoms with Gasteiger partial charge in [-0.3, -0.25) is 19.3 Å². The van der Waals surface area contributed by atoms with Crippen molar-refractivity contribution < 1.29 is 19.5 Å². The zero-order valence-corrected chi connectivity index (χ0v) is 9.65. The highest BCUT2D eigenvalue weighted by molar-refractivity contribution is 6.07. The predicted molar refractivity (Wildman–Crippen MR) is 59.1 cm³/mol. The smallest absolute Gasteiger partial charge is 0.323 e. The molecule has 0 radical (unpaired) electrons. The van der Waals surface area contributed by atoms with E-state index < -0.39 is 12.5 Å². The first kappa shape index (κ1) is 10.3. The fraction of sp³-hybridized carbons (Fsp3) is 0.615. The van der Waals surface area contributed by atoms with Gasteiger partial charge in [0.25, 0.3) is 0 Å². The van der Waals surface area contributed by atoms with Gasteiger partial charge in [-0.1, -0.05) is 12.2 Å². The van der Waals surface area contributed by atoms with Crippen LogP contribution in [0.4, 0.5) is 0 Å². The Kier molecular flexibility index (Phi) is 1.73. The zero-order valence-electron chi connectivity index (χ0n) is 9.65. The van der Waals surface area contributed by atoms with Crippen LogP contribution in [0, 0.1) is 35.5 Å². The Balaban J connectivity index is 1.72. The molecule has 5 nitrogen and oxygen atoms in total. The lowest BCUT2D eigenvalue weighted by atomic mass is 9.63. The highest BCUT2D eigenvalue weighted by Crippen LogP contribution is 2.65. The molecule has 0 spiro atoms. The van der Waals surface area contributed by atoms with Gasteiger partial charge in [0.05, 0.1) is 11.8 Å². The number of hydrogen-bond donors (Lipinski definition) is 1. The van der Waals surface area contributed by atoms with Crippen molar-refractivity contribution in [2.24, 2.45) is 35.5 Å². The number of carboxylic acids is 1. The van der Waals surface area contributed by atoms with Gasteiger partial charge in [0, 0.05) is 0 Å². The number of nitrogens with zero attached hydrogens (tertiary/aromatic N) is 1. The predicted octanol–water partition coefficient (Wildman–Crippen LogP) is 0.124. The quantitative estimate of drug-likeness (QED) is 0.555. The van der Waals surface area contributed by atoms with Crippen LogP contribution < -0.4 is 0 Å². The Morgan fingerprint density at radius 3 is 2.11 bits per heavy atom. The minimum Gasteiger partial charge on any atom is -0.480 e. The third kappa shape index (κ3) is 1.05. The molecule has 4 aliphatic carbocycles. The van der Waals surface area contributed by atoms with Crippen molar-refractivity contribution in [2.75, 3.05) is 6.54 Å². The van der Waals surface area contributed by atoms with Crippen LogP contribution in [0.1, 0.15) is 6.42 Å². The van der Waals surface area contributed by atoms with Crippen LogP contribution in [0.5, 0.6) is 0 Å². The first-order chi connectivity index (χ1) is 8.59. The molecule has 5 aliphatic rings. The van der Waals surface area contributed by atoms with Crippen molar-refractivity contribution in [2.45, 2.75) is 6.42 Å². The van der Waals surface area contributed by atoms with E-state index in [1.807, 2.05) is 0 Å². The number of amides is 2. The number of allylic oxidation sites excluding steroid dienone is 2. The Hall–Kier alpha value is -1.65. The number of aliphatic carboxylic acids is 1. The molecule has 0 aromatic heterocycles. The van der Waals surface area contributed by atoms with Crippen molar-refractivity contribution in [3.63, 3.8) is 0 Å². The highest BCUT2D eigenvalue weighted by atomic mass is 16.4. The minimum absolute atomic E-state index is 0.167. The molecule has 18 heavy (non-hydrogen) atoms. The van der Waals surface area contributed by atoms with E-state index in [0.29, 0.717) is 11.8 Å². The summed E-state index contributed by atoms with van der Waals surface area (Å²) in [6.07, 6.45) is 5.28. The Bertz CT molecular complexity index is 475. The SMILES string of the molecule is O=C(O)CN1C(=O)[C@@H]2[C@@H]3C=C[C@H]([C@H]4C[C@H]34)[C@@H]2C1=O. The van der Waals surface area contributed by atoms with E-state index in [0.717, 1.165) is 11.3 Å². The molecule has 1 aliphatic heterocycles. The lowest BCUT2D eigenvalue weighted by molar-refractivity contribution is -0.149. The van der Waals surface area contributed by atoms with Gasteiger partial charge in [0.1, 0.15) is 6.54 Å². The molecule has 1 heterocycles. The third-order valence-corrected chi connectivity index (χ3v) is 5.05. The maximum absolute atomic E-state index is 12.2. The fourth-order valence-electron chi connectivity index (χ4n) is 4.31. The lowest BCUT2D eigenvalue weighted by Gasteiger charge is -2.37. The summed E-state index contributed by atoms with van der Waals surface area (Å²) in [5.74, 6) is -0.771. The maximum Gasteiger partial charge on any atom is 0.323 e. The summed E-state index contributed by atoms with van der Waals surface area (Å²) in [5, 5.41) is 8.79. The standard InChI is InChI=1S/C13H13NO4/c15-9(16)4-14-12(17)10-5-1-2-6(8-3-7(5)8)11(10)13(14)18/h1-2,5-8,10-11H,3-4H2,(H,15,16)/t5-,6-,7-,8-,10-,11+/m1/s1. The van der Waals surface area contributed by atoms with Gasteiger partial charge in [-0.15, -0.1) is 0 Å². The topological polar surface area (TPSA) is 74.7 Å². The molecule has 2 saturated carbocycles. The second kappa shape index (κ2) is 3.02. The van der Waals surface area contributed by atoms with Crippen LogP contribution in [-0.4, -0.2) is 34.3 Å². The van der Waals surface area contributed by atoms with E-state index in [1.54, 1.807) is 0 Å². The van der Waals surface area contributed by atoms with E-state index in [-0.39, 0.29) is 35.5 Å². The van der Waals surface area contributed by atoms with E-state index in [2.05, 4.69) is 12.2 Å². The molecular weight excluding hydrogens is 234 g/mol. The Morgan fingerprint density at radius 2 is 1.67 bits per heavy atom. The van der Waals surface area contributed by atoms with E-state index in [1.165, 1.54) is 0 Å². The van der Waals surface area contributed by atoms with Crippen LogP contribution in [-0.2, 0) is 14.4 Å². The van der Waals surface area contributed by atoms with Crippen molar-refractivity contribution in [1.29, 1.82) is 0 Å². The molecule has 3 fully saturated rings. The van der Waals surface area contributed by atoms with Gasteiger partial charge in [-0.25, -0.2) is 0 Å². The first-order valence-electron chi connectivity index (χ1n) is 6.35. The van der Waals surface area contributed by atoms with Crippen molar-refractivity contribution >= 4 is 17.8 Å². The van der Waals surface area contributed by atoms with E-state index >= 15 is 0 Å². The van der Waals surface area contributed by atoms with Crippen LogP contribution in [0.3, 0.4) is 0 Å². The van der Waals surface area contributed by atoms with E-state index in [4.69, 9.17) is 5.11 Å². The van der Waals surface area contributed by atoms with Gasteiger partial charge in [0.2, 0.25) is 11.8 Å². The number of imide groups is 1. The van der Waals surface area contributed by atoms with Gasteiger partial charge < -0.3 is 5.11 Å². The molecule has 0 aromatic carbocycles. The summed E-state index contributed by atoms with van der Waals surface area (Å²) in [7, 11) is 0. The van der Waals surface area contributed by atoms with Crippen LogP contribution >= 0.6 is 0 Å². The molecular formula is C13H13NO4. The third-order valence-electron chi connectivity index (χ3n) is 5.05. The van der Waals surface area contributed by atoms with E-state index in [9.17, 15) is 14.4 Å². The average molecular weight is 247 g/mol. The molecule has 1 saturated heterocycles. The molecule has 0 aromatic rings. The molecule has 5 rings (SSSR count). The zero-order chi connectivity index (χ0) is 12.6. The largest absolute Gasteiger partial charge is 0.480 e. The van der Waals surface area contributed by atoms with Crippen molar-refractivity contribution in [1.82, 2.24) is 4.90 Å². The number of hydrogen-bond acceptors (Lipinski definition) is 3. The van der Waals surface area contributed by atoms with Gasteiger partial charge in [-0.05, 0) is 30.1 Å². The van der Waals surface area contributed by atoms with Crippen molar-refractivity contribution in [3.05, 3.63) is 12.2 Å². The second-order valence-corrected chi connectivity index (χ2v) is 5.81. The molecule has 2 bridgehead atoms. The lowest BCUT2D eigenvalue weighted by Crippen LogP contribution is -2.40. The Labute approximate surface area is 103 Å². The molecule has 1 N–H and O–H groups in total. The number of carboxylic acid groups (broad SMARTS) is 1. The molecule has 5 heteroatoms. The number of likely N-dealkylation sites (tertiary alicyclic amines) is 1.